The second kappa shape index (κ2) is 6.55. The zero-order valence-corrected chi connectivity index (χ0v) is 12.9. The number of terminal acetylenes is 1. The number of aryl methyl sites for hydroxylation is 1. The number of benzene rings is 1. The Kier molecular flexibility index (Phi) is 4.77. The topological polar surface area (TPSA) is 53.1 Å². The van der Waals surface area contributed by atoms with Gasteiger partial charge in [-0.15, -0.1) is 6.42 Å². The van der Waals surface area contributed by atoms with E-state index in [1.807, 2.05) is 16.7 Å². The number of hydrogen-bond acceptors (Lipinski definition) is 3. The zero-order valence-electron chi connectivity index (χ0n) is 12.2. The van der Waals surface area contributed by atoms with Crippen LogP contribution in [0.2, 0.25) is 5.02 Å². The summed E-state index contributed by atoms with van der Waals surface area (Å²) < 4.78 is 7.22. The van der Waals surface area contributed by atoms with Crippen LogP contribution in [-0.4, -0.2) is 16.7 Å². The maximum Gasteiger partial charge on any atom is 0.132 e. The predicted octanol–water partition coefficient (Wildman–Crippen LogP) is 3.38. The third kappa shape index (κ3) is 2.84. The molecule has 1 aromatic heterocycles. The first kappa shape index (κ1) is 15.3. The number of methoxy groups -OCH3 is 1. The molecule has 1 heterocycles. The molecule has 21 heavy (non-hydrogen) atoms. The van der Waals surface area contributed by atoms with E-state index in [4.69, 9.17) is 28.5 Å². The van der Waals surface area contributed by atoms with Crippen molar-refractivity contribution < 1.29 is 4.74 Å². The molecule has 5 heteroatoms. The van der Waals surface area contributed by atoms with Crippen LogP contribution in [0.1, 0.15) is 19.2 Å². The lowest BCUT2D eigenvalue weighted by molar-refractivity contribution is 0.416. The number of nitrogen functional groups attached to an aromatic ring is 1. The highest BCUT2D eigenvalue weighted by atomic mass is 35.5. The highest BCUT2D eigenvalue weighted by Gasteiger charge is 2.20. The van der Waals surface area contributed by atoms with Gasteiger partial charge in [0.15, 0.2) is 0 Å². The lowest BCUT2D eigenvalue weighted by Crippen LogP contribution is -2.06. The summed E-state index contributed by atoms with van der Waals surface area (Å²) in [5, 5.41) is 0.550. The molecule has 0 aliphatic heterocycles. The first-order valence-corrected chi connectivity index (χ1v) is 7.13. The first-order chi connectivity index (χ1) is 10.1. The quantitative estimate of drug-likeness (QED) is 0.862. The van der Waals surface area contributed by atoms with Gasteiger partial charge in [0.25, 0.3) is 0 Å². The molecule has 4 nitrogen and oxygen atoms in total. The van der Waals surface area contributed by atoms with Crippen molar-refractivity contribution in [2.45, 2.75) is 26.3 Å². The number of anilines is 1. The Morgan fingerprint density at radius 1 is 1.48 bits per heavy atom. The number of aromatic nitrogens is 2. The van der Waals surface area contributed by atoms with Crippen LogP contribution in [0.3, 0.4) is 0 Å². The maximum absolute atomic E-state index is 6.31. The molecule has 2 aromatic rings. The highest BCUT2D eigenvalue weighted by molar-refractivity contribution is 6.33. The van der Waals surface area contributed by atoms with E-state index in [1.54, 1.807) is 13.2 Å². The van der Waals surface area contributed by atoms with Gasteiger partial charge in [-0.2, -0.15) is 0 Å². The van der Waals surface area contributed by atoms with E-state index in [-0.39, 0.29) is 0 Å². The van der Waals surface area contributed by atoms with Gasteiger partial charge >= 0.3 is 0 Å². The smallest absolute Gasteiger partial charge is 0.132 e. The van der Waals surface area contributed by atoms with Crippen LogP contribution in [0, 0.1) is 12.3 Å². The Morgan fingerprint density at radius 3 is 2.86 bits per heavy atom. The molecular formula is C16H18ClN3O. The van der Waals surface area contributed by atoms with Crippen LogP contribution in [0.25, 0.3) is 11.3 Å². The van der Waals surface area contributed by atoms with Gasteiger partial charge in [-0.3, -0.25) is 0 Å². The molecule has 0 saturated carbocycles. The molecule has 2 N–H and O–H groups in total. The Balaban J connectivity index is 2.65. The van der Waals surface area contributed by atoms with E-state index in [9.17, 15) is 0 Å². The van der Waals surface area contributed by atoms with E-state index in [1.165, 1.54) is 0 Å². The number of ether oxygens (including phenoxy) is 1. The van der Waals surface area contributed by atoms with Crippen LogP contribution < -0.4 is 10.5 Å². The summed E-state index contributed by atoms with van der Waals surface area (Å²) in [6, 6.07) is 5.45. The largest absolute Gasteiger partial charge is 0.496 e. The highest BCUT2D eigenvalue weighted by Crippen LogP contribution is 2.39. The molecule has 2 rings (SSSR count). The third-order valence-corrected chi connectivity index (χ3v) is 3.56. The molecular weight excluding hydrogens is 286 g/mol. The van der Waals surface area contributed by atoms with Crippen molar-refractivity contribution in [2.75, 3.05) is 12.8 Å². The van der Waals surface area contributed by atoms with Gasteiger partial charge in [0.05, 0.1) is 24.2 Å². The number of nitrogens with two attached hydrogens (primary N) is 1. The summed E-state index contributed by atoms with van der Waals surface area (Å²) in [4.78, 5) is 4.64. The zero-order chi connectivity index (χ0) is 15.4. The van der Waals surface area contributed by atoms with Crippen LogP contribution in [0.15, 0.2) is 18.2 Å². The van der Waals surface area contributed by atoms with Crippen molar-refractivity contribution in [3.8, 4) is 29.4 Å². The van der Waals surface area contributed by atoms with Crippen LogP contribution in [0.5, 0.6) is 5.75 Å². The average molecular weight is 304 g/mol. The monoisotopic (exact) mass is 303 g/mol. The van der Waals surface area contributed by atoms with Gasteiger partial charge in [-0.05, 0) is 18.6 Å². The molecule has 0 atom stereocenters. The van der Waals surface area contributed by atoms with Gasteiger partial charge in [0.2, 0.25) is 0 Å². The van der Waals surface area contributed by atoms with Crippen LogP contribution in [0.4, 0.5) is 5.82 Å². The summed E-state index contributed by atoms with van der Waals surface area (Å²) in [7, 11) is 1.59. The molecule has 0 aliphatic carbocycles. The number of hydrogen-bond donors (Lipinski definition) is 1. The van der Waals surface area contributed by atoms with E-state index in [0.717, 1.165) is 18.7 Å². The molecule has 0 saturated heterocycles. The van der Waals surface area contributed by atoms with Crippen LogP contribution >= 0.6 is 11.6 Å². The molecule has 0 fully saturated rings. The standard InChI is InChI=1S/C16H18ClN3O/c1-4-7-13-19-15(16(18)20(13)10-5-2)14-11(17)8-6-9-12(14)21-3/h2,6,8-9H,4,7,10,18H2,1,3H3. The molecule has 0 amide bonds. The minimum atomic E-state index is 0.390. The molecule has 0 radical (unpaired) electrons. The first-order valence-electron chi connectivity index (χ1n) is 6.75. The average Bonchev–Trinajstić information content (AvgIpc) is 2.77. The van der Waals surface area contributed by atoms with Gasteiger partial charge < -0.3 is 15.0 Å². The lowest BCUT2D eigenvalue weighted by atomic mass is 10.1. The van der Waals surface area contributed by atoms with Crippen molar-refractivity contribution in [2.24, 2.45) is 0 Å². The van der Waals surface area contributed by atoms with Gasteiger partial charge in [0.1, 0.15) is 23.1 Å². The van der Waals surface area contributed by atoms with E-state index < -0.39 is 0 Å². The molecule has 0 aliphatic rings. The number of rotatable bonds is 5. The summed E-state index contributed by atoms with van der Waals surface area (Å²) in [5.74, 6) is 4.63. The van der Waals surface area contributed by atoms with Crippen molar-refractivity contribution in [3.63, 3.8) is 0 Å². The van der Waals surface area contributed by atoms with E-state index in [0.29, 0.717) is 34.4 Å². The minimum Gasteiger partial charge on any atom is -0.496 e. The van der Waals surface area contributed by atoms with Gasteiger partial charge in [-0.25, -0.2) is 4.98 Å². The summed E-state index contributed by atoms with van der Waals surface area (Å²) >= 11 is 6.31. The second-order valence-corrected chi connectivity index (χ2v) is 5.03. The van der Waals surface area contributed by atoms with Crippen molar-refractivity contribution >= 4 is 17.4 Å². The third-order valence-electron chi connectivity index (χ3n) is 3.24. The Labute approximate surface area is 129 Å². The van der Waals surface area contributed by atoms with Crippen molar-refractivity contribution in [3.05, 3.63) is 29.0 Å². The Bertz CT molecular complexity index is 686. The number of nitrogens with zero attached hydrogens (tertiary/aromatic N) is 2. The van der Waals surface area contributed by atoms with Gasteiger partial charge in [-0.1, -0.05) is 30.5 Å². The molecule has 110 valence electrons. The normalized spacial score (nSPS) is 10.4. The molecule has 1 aromatic carbocycles. The molecule has 0 spiro atoms. The lowest BCUT2D eigenvalue weighted by Gasteiger charge is -2.09. The Morgan fingerprint density at radius 2 is 2.24 bits per heavy atom. The second-order valence-electron chi connectivity index (χ2n) is 4.62. The Hall–Kier alpha value is -2.12. The number of halogens is 1. The molecule has 0 unspecified atom stereocenters. The maximum atomic E-state index is 6.31. The minimum absolute atomic E-state index is 0.390. The SMILES string of the molecule is C#CCn1c(CCC)nc(-c2c(Cl)cccc2OC)c1N. The summed E-state index contributed by atoms with van der Waals surface area (Å²) in [6.07, 6.45) is 7.19. The molecule has 0 bridgehead atoms. The van der Waals surface area contributed by atoms with Gasteiger partial charge in [0, 0.05) is 6.42 Å². The summed E-state index contributed by atoms with van der Waals surface area (Å²) in [5.41, 5.74) is 7.56. The summed E-state index contributed by atoms with van der Waals surface area (Å²) in [6.45, 7) is 2.47. The van der Waals surface area contributed by atoms with Crippen LogP contribution in [-0.2, 0) is 13.0 Å². The fourth-order valence-corrected chi connectivity index (χ4v) is 2.54. The van der Waals surface area contributed by atoms with E-state index >= 15 is 0 Å². The fourth-order valence-electron chi connectivity index (χ4n) is 2.28. The van der Waals surface area contributed by atoms with Crippen molar-refractivity contribution in [1.29, 1.82) is 0 Å². The van der Waals surface area contributed by atoms with E-state index in [2.05, 4.69) is 17.8 Å². The fraction of sp³-hybridized carbons (Fsp3) is 0.312. The van der Waals surface area contributed by atoms with Crippen molar-refractivity contribution in [1.82, 2.24) is 9.55 Å². The predicted molar refractivity (Wildman–Crippen MR) is 86.5 cm³/mol. The number of imidazole rings is 1.